The maximum absolute atomic E-state index is 4.45. The number of piperidine rings is 1. The van der Waals surface area contributed by atoms with Crippen molar-refractivity contribution in [2.45, 2.75) is 51.5 Å². The van der Waals surface area contributed by atoms with Crippen LogP contribution >= 0.6 is 24.0 Å². The van der Waals surface area contributed by atoms with Crippen LogP contribution in [0.15, 0.2) is 59.6 Å². The van der Waals surface area contributed by atoms with Crippen LogP contribution in [0.2, 0.25) is 0 Å². The highest BCUT2D eigenvalue weighted by Crippen LogP contribution is 2.20. The molecule has 2 N–H and O–H groups in total. The van der Waals surface area contributed by atoms with Crippen molar-refractivity contribution in [3.8, 4) is 0 Å². The third-order valence-corrected chi connectivity index (χ3v) is 5.76. The highest BCUT2D eigenvalue weighted by atomic mass is 127. The number of guanidine groups is 1. The van der Waals surface area contributed by atoms with Gasteiger partial charge < -0.3 is 15.5 Å². The Balaban J connectivity index is 0.00000341. The Morgan fingerprint density at radius 1 is 1.06 bits per heavy atom. The van der Waals surface area contributed by atoms with Crippen LogP contribution in [0.25, 0.3) is 0 Å². The van der Waals surface area contributed by atoms with E-state index in [1.165, 1.54) is 16.7 Å². The van der Waals surface area contributed by atoms with Crippen molar-refractivity contribution in [2.24, 2.45) is 4.99 Å². The van der Waals surface area contributed by atoms with Gasteiger partial charge in [0.2, 0.25) is 0 Å². The molecule has 31 heavy (non-hydrogen) atoms. The minimum absolute atomic E-state index is 0. The van der Waals surface area contributed by atoms with Crippen LogP contribution in [0.3, 0.4) is 0 Å². The number of benzene rings is 2. The van der Waals surface area contributed by atoms with Gasteiger partial charge in [-0.3, -0.25) is 9.89 Å². The molecule has 2 atom stereocenters. The molecule has 5 nitrogen and oxygen atoms in total. The van der Waals surface area contributed by atoms with Gasteiger partial charge in [0.05, 0.1) is 0 Å². The van der Waals surface area contributed by atoms with Crippen LogP contribution in [0, 0.1) is 0 Å². The molecule has 2 unspecified atom stereocenters. The van der Waals surface area contributed by atoms with E-state index in [0.717, 1.165) is 45.0 Å². The number of nitrogens with zero attached hydrogens (tertiary/aromatic N) is 3. The molecule has 2 aromatic rings. The summed E-state index contributed by atoms with van der Waals surface area (Å²) in [6.07, 6.45) is 2.27. The summed E-state index contributed by atoms with van der Waals surface area (Å²) in [7, 11) is 6.05. The minimum atomic E-state index is 0. The number of aliphatic imine (C=N–C) groups is 1. The molecule has 1 aliphatic rings. The van der Waals surface area contributed by atoms with Crippen molar-refractivity contribution in [1.82, 2.24) is 20.4 Å². The highest BCUT2D eigenvalue weighted by Gasteiger charge is 2.25. The average Bonchev–Trinajstić information content (AvgIpc) is 2.73. The fourth-order valence-corrected chi connectivity index (χ4v) is 4.18. The van der Waals surface area contributed by atoms with E-state index in [9.17, 15) is 0 Å². The molecule has 0 spiro atoms. The molecular weight excluding hydrogens is 497 g/mol. The molecule has 1 fully saturated rings. The number of hydrogen-bond donors (Lipinski definition) is 2. The third-order valence-electron chi connectivity index (χ3n) is 5.76. The average molecular weight is 536 g/mol. The van der Waals surface area contributed by atoms with E-state index >= 15 is 0 Å². The SMILES string of the molecule is CN=C(NCc1cccc(CN(C)C)c1)NC1CCN(Cc2ccccc2)C(C)C1.I. The number of hydrogen-bond acceptors (Lipinski definition) is 3. The quantitative estimate of drug-likeness (QED) is 0.319. The predicted molar refractivity (Wildman–Crippen MR) is 142 cm³/mol. The lowest BCUT2D eigenvalue weighted by molar-refractivity contribution is 0.134. The summed E-state index contributed by atoms with van der Waals surface area (Å²) in [5.41, 5.74) is 4.01. The second kappa shape index (κ2) is 13.0. The van der Waals surface area contributed by atoms with E-state index in [0.29, 0.717) is 12.1 Å². The van der Waals surface area contributed by atoms with E-state index in [-0.39, 0.29) is 24.0 Å². The Labute approximate surface area is 205 Å². The predicted octanol–water partition coefficient (Wildman–Crippen LogP) is 4.08. The molecule has 2 aromatic carbocycles. The molecular formula is C25H38IN5. The molecule has 170 valence electrons. The lowest BCUT2D eigenvalue weighted by Crippen LogP contribution is -2.51. The molecule has 1 saturated heterocycles. The smallest absolute Gasteiger partial charge is 0.191 e. The fourth-order valence-electron chi connectivity index (χ4n) is 4.18. The molecule has 0 aromatic heterocycles. The van der Waals surface area contributed by atoms with Gasteiger partial charge in [0, 0.05) is 45.3 Å². The van der Waals surface area contributed by atoms with Crippen LogP contribution in [-0.2, 0) is 19.6 Å². The number of rotatable bonds is 7. The van der Waals surface area contributed by atoms with E-state index in [4.69, 9.17) is 0 Å². The molecule has 3 rings (SSSR count). The van der Waals surface area contributed by atoms with Crippen molar-refractivity contribution in [2.75, 3.05) is 27.7 Å². The maximum atomic E-state index is 4.45. The Morgan fingerprint density at radius 2 is 1.77 bits per heavy atom. The molecule has 0 amide bonds. The first-order chi connectivity index (χ1) is 14.5. The minimum Gasteiger partial charge on any atom is -0.354 e. The van der Waals surface area contributed by atoms with Crippen molar-refractivity contribution in [3.63, 3.8) is 0 Å². The number of halogens is 1. The summed E-state index contributed by atoms with van der Waals surface area (Å²) in [5, 5.41) is 7.13. The zero-order chi connectivity index (χ0) is 21.3. The Kier molecular flexibility index (Phi) is 10.8. The summed E-state index contributed by atoms with van der Waals surface area (Å²) >= 11 is 0. The summed E-state index contributed by atoms with van der Waals surface area (Å²) in [4.78, 5) is 9.23. The van der Waals surface area contributed by atoms with E-state index in [2.05, 4.69) is 101 Å². The normalized spacial score (nSPS) is 19.7. The summed E-state index contributed by atoms with van der Waals surface area (Å²) in [5.74, 6) is 0.890. The first-order valence-electron chi connectivity index (χ1n) is 11.0. The van der Waals surface area contributed by atoms with Gasteiger partial charge in [-0.1, -0.05) is 54.6 Å². The lowest BCUT2D eigenvalue weighted by Gasteiger charge is -2.38. The van der Waals surface area contributed by atoms with Crippen molar-refractivity contribution in [1.29, 1.82) is 0 Å². The summed E-state index contributed by atoms with van der Waals surface area (Å²) < 4.78 is 0. The largest absolute Gasteiger partial charge is 0.354 e. The first kappa shape index (κ1) is 25.6. The topological polar surface area (TPSA) is 42.9 Å². The van der Waals surface area contributed by atoms with Gasteiger partial charge in [-0.25, -0.2) is 0 Å². The third kappa shape index (κ3) is 8.43. The van der Waals surface area contributed by atoms with E-state index < -0.39 is 0 Å². The molecule has 1 aliphatic heterocycles. The standard InChI is InChI=1S/C25H37N5.HI/c1-20-15-24(13-14-30(20)19-21-9-6-5-7-10-21)28-25(26-2)27-17-22-11-8-12-23(16-22)18-29(3)4;/h5-12,16,20,24H,13-15,17-19H2,1-4H3,(H2,26,27,28);1H. The van der Waals surface area contributed by atoms with Crippen molar-refractivity contribution < 1.29 is 0 Å². The molecule has 0 bridgehead atoms. The Morgan fingerprint density at radius 3 is 2.45 bits per heavy atom. The molecule has 0 aliphatic carbocycles. The van der Waals surface area contributed by atoms with Gasteiger partial charge in [0.1, 0.15) is 0 Å². The van der Waals surface area contributed by atoms with E-state index in [1.807, 2.05) is 7.05 Å². The second-order valence-electron chi connectivity index (χ2n) is 8.65. The summed E-state index contributed by atoms with van der Waals surface area (Å²) in [6.45, 7) is 6.22. The van der Waals surface area contributed by atoms with Crippen LogP contribution in [0.1, 0.15) is 36.5 Å². The first-order valence-corrected chi connectivity index (χ1v) is 11.0. The van der Waals surface area contributed by atoms with Crippen LogP contribution in [0.4, 0.5) is 0 Å². The van der Waals surface area contributed by atoms with Crippen molar-refractivity contribution in [3.05, 3.63) is 71.3 Å². The Hall–Kier alpha value is -1.64. The van der Waals surface area contributed by atoms with Gasteiger partial charge >= 0.3 is 0 Å². The molecule has 1 heterocycles. The summed E-state index contributed by atoms with van der Waals surface area (Å²) in [6, 6.07) is 20.5. The molecule has 0 radical (unpaired) electrons. The Bertz CT molecular complexity index is 809. The van der Waals surface area contributed by atoms with Gasteiger partial charge in [-0.05, 0) is 50.6 Å². The maximum Gasteiger partial charge on any atom is 0.191 e. The second-order valence-corrected chi connectivity index (χ2v) is 8.65. The highest BCUT2D eigenvalue weighted by molar-refractivity contribution is 14.0. The van der Waals surface area contributed by atoms with Gasteiger partial charge in [0.25, 0.3) is 0 Å². The zero-order valence-corrected chi connectivity index (χ0v) is 21.7. The van der Waals surface area contributed by atoms with Crippen LogP contribution in [-0.4, -0.2) is 55.5 Å². The van der Waals surface area contributed by atoms with Gasteiger partial charge in [-0.2, -0.15) is 0 Å². The van der Waals surface area contributed by atoms with E-state index in [1.54, 1.807) is 0 Å². The fraction of sp³-hybridized carbons (Fsp3) is 0.480. The lowest BCUT2D eigenvalue weighted by atomic mass is 9.97. The number of nitrogens with one attached hydrogen (secondary N) is 2. The van der Waals surface area contributed by atoms with Crippen molar-refractivity contribution >= 4 is 29.9 Å². The molecule has 6 heteroatoms. The van der Waals surface area contributed by atoms with Gasteiger partial charge in [-0.15, -0.1) is 24.0 Å². The molecule has 0 saturated carbocycles. The monoisotopic (exact) mass is 535 g/mol. The van der Waals surface area contributed by atoms with Crippen LogP contribution in [0.5, 0.6) is 0 Å². The number of likely N-dealkylation sites (tertiary alicyclic amines) is 1. The zero-order valence-electron chi connectivity index (χ0n) is 19.3. The van der Waals surface area contributed by atoms with Gasteiger partial charge in [0.15, 0.2) is 5.96 Å². The van der Waals surface area contributed by atoms with Crippen LogP contribution < -0.4 is 10.6 Å².